The predicted molar refractivity (Wildman–Crippen MR) is 125 cm³/mol. The monoisotopic (exact) mass is 431 g/mol. The van der Waals surface area contributed by atoms with Crippen molar-refractivity contribution in [2.24, 2.45) is 0 Å². The summed E-state index contributed by atoms with van der Waals surface area (Å²) in [4.78, 5) is 23.7. The summed E-state index contributed by atoms with van der Waals surface area (Å²) in [5.74, 6) is 1.98. The highest BCUT2D eigenvalue weighted by Gasteiger charge is 2.26. The molecule has 32 heavy (non-hydrogen) atoms. The number of amides is 1. The van der Waals surface area contributed by atoms with Crippen LogP contribution in [-0.4, -0.2) is 61.2 Å². The van der Waals surface area contributed by atoms with Crippen molar-refractivity contribution in [3.05, 3.63) is 60.0 Å². The van der Waals surface area contributed by atoms with E-state index in [4.69, 9.17) is 4.52 Å². The van der Waals surface area contributed by atoms with Gasteiger partial charge in [-0.2, -0.15) is 4.98 Å². The highest BCUT2D eigenvalue weighted by atomic mass is 16.5. The number of hydrogen-bond donors (Lipinski definition) is 0. The number of aromatic nitrogens is 2. The van der Waals surface area contributed by atoms with E-state index >= 15 is 0 Å². The van der Waals surface area contributed by atoms with Gasteiger partial charge in [0.2, 0.25) is 11.7 Å². The molecule has 0 radical (unpaired) electrons. The normalized spacial score (nSPS) is 16.7. The van der Waals surface area contributed by atoms with E-state index in [1.54, 1.807) is 0 Å². The zero-order valence-electron chi connectivity index (χ0n) is 18.7. The molecule has 0 N–H and O–H groups in total. The highest BCUT2D eigenvalue weighted by molar-refractivity contribution is 5.94. The molecule has 1 aliphatic carbocycles. The summed E-state index contributed by atoms with van der Waals surface area (Å²) < 4.78 is 5.45. The molecule has 2 heterocycles. The van der Waals surface area contributed by atoms with Crippen LogP contribution in [-0.2, 0) is 0 Å². The van der Waals surface area contributed by atoms with Gasteiger partial charge in [-0.3, -0.25) is 4.79 Å². The second-order valence-electron chi connectivity index (χ2n) is 8.85. The van der Waals surface area contributed by atoms with Crippen molar-refractivity contribution < 1.29 is 9.32 Å². The topological polar surface area (TPSA) is 65.7 Å². The van der Waals surface area contributed by atoms with Crippen LogP contribution in [0.2, 0.25) is 0 Å². The lowest BCUT2D eigenvalue weighted by Gasteiger charge is -2.36. The fraction of sp³-hybridized carbons (Fsp3) is 0.400. The molecule has 1 amide bonds. The number of hydrogen-bond acceptors (Lipinski definition) is 6. The van der Waals surface area contributed by atoms with Crippen LogP contribution in [0.5, 0.6) is 0 Å². The number of piperazine rings is 1. The molecule has 3 aromatic rings. The van der Waals surface area contributed by atoms with Crippen molar-refractivity contribution in [2.45, 2.75) is 25.2 Å². The molecule has 1 saturated carbocycles. The van der Waals surface area contributed by atoms with Crippen molar-refractivity contribution in [1.82, 2.24) is 15.0 Å². The van der Waals surface area contributed by atoms with Crippen LogP contribution in [0.25, 0.3) is 11.4 Å². The molecule has 7 nitrogen and oxygen atoms in total. The molecule has 2 aromatic carbocycles. The maximum Gasteiger partial charge on any atom is 0.253 e. The summed E-state index contributed by atoms with van der Waals surface area (Å²) in [7, 11) is 3.99. The molecule has 5 rings (SSSR count). The van der Waals surface area contributed by atoms with E-state index in [0.717, 1.165) is 54.3 Å². The lowest BCUT2D eigenvalue weighted by atomic mass is 9.85. The van der Waals surface area contributed by atoms with E-state index in [0.29, 0.717) is 24.8 Å². The van der Waals surface area contributed by atoms with E-state index in [2.05, 4.69) is 39.3 Å². The van der Waals surface area contributed by atoms with Gasteiger partial charge < -0.3 is 19.2 Å². The van der Waals surface area contributed by atoms with Crippen LogP contribution in [0.4, 0.5) is 11.4 Å². The molecule has 7 heteroatoms. The third-order valence-corrected chi connectivity index (χ3v) is 6.58. The minimum Gasteiger partial charge on any atom is -0.378 e. The van der Waals surface area contributed by atoms with Crippen molar-refractivity contribution in [3.63, 3.8) is 0 Å². The van der Waals surface area contributed by atoms with Crippen LogP contribution in [0, 0.1) is 0 Å². The Morgan fingerprint density at radius 2 is 1.66 bits per heavy atom. The van der Waals surface area contributed by atoms with Gasteiger partial charge in [-0.15, -0.1) is 0 Å². The first-order valence-corrected chi connectivity index (χ1v) is 11.3. The average molecular weight is 432 g/mol. The fourth-order valence-electron chi connectivity index (χ4n) is 4.25. The lowest BCUT2D eigenvalue weighted by Crippen LogP contribution is -2.48. The number of carbonyl (C=O) groups excluding carboxylic acids is 1. The summed E-state index contributed by atoms with van der Waals surface area (Å²) in [5.41, 5.74) is 3.96. The van der Waals surface area contributed by atoms with Gasteiger partial charge in [-0.25, -0.2) is 0 Å². The van der Waals surface area contributed by atoms with Crippen molar-refractivity contribution in [2.75, 3.05) is 50.1 Å². The summed E-state index contributed by atoms with van der Waals surface area (Å²) in [6.45, 7) is 3.06. The Morgan fingerprint density at radius 1 is 0.969 bits per heavy atom. The molecular formula is C25H29N5O2. The summed E-state index contributed by atoms with van der Waals surface area (Å²) >= 11 is 0. The van der Waals surface area contributed by atoms with Gasteiger partial charge in [0.1, 0.15) is 0 Å². The molecule has 1 saturated heterocycles. The van der Waals surface area contributed by atoms with Crippen molar-refractivity contribution in [3.8, 4) is 11.4 Å². The molecule has 0 spiro atoms. The summed E-state index contributed by atoms with van der Waals surface area (Å²) in [5, 5.41) is 4.16. The molecule has 2 fully saturated rings. The van der Waals surface area contributed by atoms with E-state index in [1.165, 1.54) is 6.42 Å². The number of nitrogens with zero attached hydrogens (tertiary/aromatic N) is 5. The zero-order valence-corrected chi connectivity index (χ0v) is 18.7. The molecule has 2 aliphatic rings. The van der Waals surface area contributed by atoms with E-state index in [9.17, 15) is 4.79 Å². The van der Waals surface area contributed by atoms with E-state index in [-0.39, 0.29) is 5.91 Å². The first kappa shape index (κ1) is 20.5. The zero-order chi connectivity index (χ0) is 22.1. The first-order chi connectivity index (χ1) is 15.6. The second-order valence-corrected chi connectivity index (χ2v) is 8.85. The highest BCUT2D eigenvalue weighted by Crippen LogP contribution is 2.36. The molecule has 166 valence electrons. The quantitative estimate of drug-likeness (QED) is 0.608. The van der Waals surface area contributed by atoms with Gasteiger partial charge in [0, 0.05) is 68.7 Å². The molecule has 0 unspecified atom stereocenters. The Morgan fingerprint density at radius 3 is 2.25 bits per heavy atom. The SMILES string of the molecule is CN(C)c1ccc(C(=O)N2CCN(c3ccc(-c4noc(C5CCC5)n4)cc3)CC2)cc1. The van der Waals surface area contributed by atoms with Gasteiger partial charge >= 0.3 is 0 Å². The van der Waals surface area contributed by atoms with Crippen LogP contribution >= 0.6 is 0 Å². The number of rotatable bonds is 5. The minimum atomic E-state index is 0.102. The van der Waals surface area contributed by atoms with Gasteiger partial charge in [-0.05, 0) is 61.4 Å². The van der Waals surface area contributed by atoms with Gasteiger partial charge in [0.05, 0.1) is 0 Å². The second kappa shape index (κ2) is 8.65. The molecule has 1 aliphatic heterocycles. The number of benzene rings is 2. The Kier molecular flexibility index (Phi) is 5.55. The van der Waals surface area contributed by atoms with Crippen LogP contribution in [0.15, 0.2) is 53.1 Å². The lowest BCUT2D eigenvalue weighted by molar-refractivity contribution is 0.0747. The molecular weight excluding hydrogens is 402 g/mol. The largest absolute Gasteiger partial charge is 0.378 e. The van der Waals surface area contributed by atoms with Crippen molar-refractivity contribution in [1.29, 1.82) is 0 Å². The molecule has 0 atom stereocenters. The third-order valence-electron chi connectivity index (χ3n) is 6.58. The summed E-state index contributed by atoms with van der Waals surface area (Å²) in [6, 6.07) is 16.1. The summed E-state index contributed by atoms with van der Waals surface area (Å²) in [6.07, 6.45) is 3.55. The van der Waals surface area contributed by atoms with Crippen molar-refractivity contribution >= 4 is 17.3 Å². The van der Waals surface area contributed by atoms with E-state index < -0.39 is 0 Å². The van der Waals surface area contributed by atoms with Gasteiger partial charge in [-0.1, -0.05) is 11.6 Å². The minimum absolute atomic E-state index is 0.102. The predicted octanol–water partition coefficient (Wildman–Crippen LogP) is 4.03. The Labute approximate surface area is 188 Å². The third kappa shape index (κ3) is 4.07. The van der Waals surface area contributed by atoms with Crippen LogP contribution in [0.3, 0.4) is 0 Å². The Balaban J connectivity index is 1.18. The van der Waals surface area contributed by atoms with E-state index in [1.807, 2.05) is 48.2 Å². The number of anilines is 2. The van der Waals surface area contributed by atoms with Gasteiger partial charge in [0.25, 0.3) is 5.91 Å². The van der Waals surface area contributed by atoms with Gasteiger partial charge in [0.15, 0.2) is 0 Å². The van der Waals surface area contributed by atoms with Crippen LogP contribution < -0.4 is 9.80 Å². The average Bonchev–Trinajstić information content (AvgIpc) is 3.27. The smallest absolute Gasteiger partial charge is 0.253 e. The molecule has 0 bridgehead atoms. The first-order valence-electron chi connectivity index (χ1n) is 11.3. The fourth-order valence-corrected chi connectivity index (χ4v) is 4.25. The molecule has 1 aromatic heterocycles. The standard InChI is InChI=1S/C25H29N5O2/c1-28(2)21-10-8-20(9-11-21)25(31)30-16-14-29(15-17-30)22-12-6-18(7-13-22)23-26-24(32-27-23)19-4-3-5-19/h6-13,19H,3-5,14-17H2,1-2H3. The number of carbonyl (C=O) groups is 1. The maximum absolute atomic E-state index is 12.9. The van der Waals surface area contributed by atoms with Crippen LogP contribution in [0.1, 0.15) is 41.4 Å². The maximum atomic E-state index is 12.9. The Hall–Kier alpha value is -3.35. The Bertz CT molecular complexity index is 1060.